The summed E-state index contributed by atoms with van der Waals surface area (Å²) < 4.78 is 39.2. The van der Waals surface area contributed by atoms with E-state index in [9.17, 15) is 22.8 Å². The Morgan fingerprint density at radius 1 is 1.30 bits per heavy atom. The van der Waals surface area contributed by atoms with Crippen LogP contribution in [0.15, 0.2) is 48.1 Å². The summed E-state index contributed by atoms with van der Waals surface area (Å²) in [6.45, 7) is -0.0411. The highest BCUT2D eigenvalue weighted by Crippen LogP contribution is 2.34. The first kappa shape index (κ1) is 21.2. The minimum Gasteiger partial charge on any atom is -0.366 e. The Morgan fingerprint density at radius 2 is 2.12 bits per heavy atom. The standard InChI is InChI=1S/C21H22F3N7O2/c1-29-16-4-2-3-14(13(16)9-26-29)28-20(33)31-12-7-8-30(10-12)17-6-5-15(27-18(17)31)19(32)25-11-21(22,23)24/h2-6,9,12,15,27H,7-8,10-11H2,1H3,(H,25,32)(H,28,33)/t12-,15?/m0/s1. The van der Waals surface area contributed by atoms with Crippen molar-refractivity contribution in [3.05, 3.63) is 48.1 Å². The number of halogens is 3. The molecule has 174 valence electrons. The Labute approximate surface area is 186 Å². The smallest absolute Gasteiger partial charge is 0.366 e. The molecular formula is C21H22F3N7O2. The van der Waals surface area contributed by atoms with Crippen LogP contribution in [0.5, 0.6) is 0 Å². The van der Waals surface area contributed by atoms with Crippen molar-refractivity contribution in [3.8, 4) is 0 Å². The zero-order valence-corrected chi connectivity index (χ0v) is 17.7. The molecule has 2 atom stereocenters. The van der Waals surface area contributed by atoms with Gasteiger partial charge in [0.1, 0.15) is 18.4 Å². The lowest BCUT2D eigenvalue weighted by molar-refractivity contribution is -0.138. The fraction of sp³-hybridized carbons (Fsp3) is 0.381. The van der Waals surface area contributed by atoms with Gasteiger partial charge in [-0.2, -0.15) is 18.3 Å². The fourth-order valence-electron chi connectivity index (χ4n) is 4.52. The molecule has 3 aliphatic heterocycles. The van der Waals surface area contributed by atoms with Crippen molar-refractivity contribution in [2.24, 2.45) is 7.05 Å². The lowest BCUT2D eigenvalue weighted by Gasteiger charge is -2.41. The Kier molecular flexibility index (Phi) is 4.94. The Morgan fingerprint density at radius 3 is 2.91 bits per heavy atom. The molecule has 1 aromatic heterocycles. The van der Waals surface area contributed by atoms with Crippen LogP contribution in [0.1, 0.15) is 6.42 Å². The second-order valence-electron chi connectivity index (χ2n) is 8.24. The number of nitrogens with zero attached hydrogens (tertiary/aromatic N) is 4. The lowest BCUT2D eigenvalue weighted by atomic mass is 10.1. The van der Waals surface area contributed by atoms with Crippen LogP contribution >= 0.6 is 0 Å². The number of benzene rings is 1. The summed E-state index contributed by atoms with van der Waals surface area (Å²) in [6.07, 6.45) is 1.10. The number of hydrogen-bond donors (Lipinski definition) is 3. The number of nitrogens with one attached hydrogen (secondary N) is 3. The summed E-state index contributed by atoms with van der Waals surface area (Å²) in [7, 11) is 1.81. The van der Waals surface area contributed by atoms with Gasteiger partial charge in [0.05, 0.1) is 29.1 Å². The molecule has 12 heteroatoms. The first-order valence-electron chi connectivity index (χ1n) is 10.5. The SMILES string of the molecule is Cn1ncc2c(NC(=O)N3C4=C(C=CC(C(=O)NCC(F)(F)F)N4)N4CC[C@H]3C4)cccc21. The Hall–Kier alpha value is -3.70. The van der Waals surface area contributed by atoms with Gasteiger partial charge in [-0.15, -0.1) is 0 Å². The molecule has 3 N–H and O–H groups in total. The number of dihydropyridines is 1. The number of carbonyl (C=O) groups is 2. The van der Waals surface area contributed by atoms with E-state index in [2.05, 4.69) is 20.6 Å². The molecule has 0 saturated carbocycles. The van der Waals surface area contributed by atoms with Gasteiger partial charge in [-0.1, -0.05) is 12.1 Å². The number of anilines is 1. The highest BCUT2D eigenvalue weighted by molar-refractivity contribution is 6.01. The molecule has 2 bridgehead atoms. The zero-order chi connectivity index (χ0) is 23.3. The highest BCUT2D eigenvalue weighted by Gasteiger charge is 2.43. The van der Waals surface area contributed by atoms with E-state index in [4.69, 9.17) is 0 Å². The molecule has 0 radical (unpaired) electrons. The average molecular weight is 461 g/mol. The second-order valence-corrected chi connectivity index (χ2v) is 8.24. The number of amides is 3. The monoisotopic (exact) mass is 461 g/mol. The van der Waals surface area contributed by atoms with E-state index in [1.165, 1.54) is 6.08 Å². The van der Waals surface area contributed by atoms with Crippen molar-refractivity contribution in [1.82, 2.24) is 30.2 Å². The first-order chi connectivity index (χ1) is 15.7. The van der Waals surface area contributed by atoms with Crippen LogP contribution < -0.4 is 16.0 Å². The van der Waals surface area contributed by atoms with Crippen molar-refractivity contribution in [3.63, 3.8) is 0 Å². The summed E-state index contributed by atoms with van der Waals surface area (Å²) >= 11 is 0. The third-order valence-corrected chi connectivity index (χ3v) is 6.09. The number of fused-ring (bicyclic) bond motifs is 4. The van der Waals surface area contributed by atoms with Crippen LogP contribution in [-0.2, 0) is 11.8 Å². The van der Waals surface area contributed by atoms with Gasteiger partial charge < -0.3 is 20.9 Å². The number of alkyl halides is 3. The van der Waals surface area contributed by atoms with Crippen LogP contribution in [0.4, 0.5) is 23.7 Å². The summed E-state index contributed by atoms with van der Waals surface area (Å²) in [4.78, 5) is 29.4. The minimum absolute atomic E-state index is 0.130. The molecular weight excluding hydrogens is 439 g/mol. The molecule has 1 aromatic carbocycles. The molecule has 33 heavy (non-hydrogen) atoms. The largest absolute Gasteiger partial charge is 0.405 e. The van der Waals surface area contributed by atoms with Crippen molar-refractivity contribution in [2.45, 2.75) is 24.7 Å². The van der Waals surface area contributed by atoms with E-state index < -0.39 is 24.7 Å². The van der Waals surface area contributed by atoms with Crippen LogP contribution in [-0.4, -0.2) is 69.4 Å². The van der Waals surface area contributed by atoms with Gasteiger partial charge in [-0.3, -0.25) is 14.4 Å². The lowest BCUT2D eigenvalue weighted by Crippen LogP contribution is -2.56. The van der Waals surface area contributed by atoms with Gasteiger partial charge in [0.2, 0.25) is 5.91 Å². The zero-order valence-electron chi connectivity index (χ0n) is 17.7. The summed E-state index contributed by atoms with van der Waals surface area (Å²) in [5, 5.41) is 12.8. The van der Waals surface area contributed by atoms with E-state index >= 15 is 0 Å². The molecule has 0 aliphatic carbocycles. The predicted octanol–water partition coefficient (Wildman–Crippen LogP) is 1.87. The summed E-state index contributed by atoms with van der Waals surface area (Å²) in [5.74, 6) is -0.405. The molecule has 4 heterocycles. The molecule has 3 amide bonds. The van der Waals surface area contributed by atoms with Gasteiger partial charge in [0.25, 0.3) is 0 Å². The molecule has 1 fully saturated rings. The van der Waals surface area contributed by atoms with E-state index in [-0.39, 0.29) is 12.1 Å². The van der Waals surface area contributed by atoms with Crippen molar-refractivity contribution >= 4 is 28.5 Å². The first-order valence-corrected chi connectivity index (χ1v) is 10.5. The number of aromatic nitrogens is 2. The van der Waals surface area contributed by atoms with E-state index in [1.54, 1.807) is 27.9 Å². The van der Waals surface area contributed by atoms with E-state index in [0.29, 0.717) is 18.1 Å². The molecule has 9 nitrogen and oxygen atoms in total. The van der Waals surface area contributed by atoms with Crippen molar-refractivity contribution in [2.75, 3.05) is 25.0 Å². The van der Waals surface area contributed by atoms with Gasteiger partial charge in [0.15, 0.2) is 0 Å². The van der Waals surface area contributed by atoms with Gasteiger partial charge in [-0.25, -0.2) is 4.79 Å². The number of urea groups is 1. The third kappa shape index (κ3) is 3.85. The molecule has 1 saturated heterocycles. The number of rotatable bonds is 3. The van der Waals surface area contributed by atoms with E-state index in [0.717, 1.165) is 29.6 Å². The Bertz CT molecular complexity index is 1190. The van der Waals surface area contributed by atoms with E-state index in [1.807, 2.05) is 24.5 Å². The highest BCUT2D eigenvalue weighted by atomic mass is 19.4. The maximum Gasteiger partial charge on any atom is 0.405 e. The maximum absolute atomic E-state index is 13.4. The molecule has 3 aliphatic rings. The number of hydrogen-bond acceptors (Lipinski definition) is 5. The number of carbonyl (C=O) groups excluding carboxylic acids is 2. The van der Waals surface area contributed by atoms with Crippen LogP contribution in [0.3, 0.4) is 0 Å². The maximum atomic E-state index is 13.4. The predicted molar refractivity (Wildman–Crippen MR) is 114 cm³/mol. The molecule has 5 rings (SSSR count). The van der Waals surface area contributed by atoms with Crippen LogP contribution in [0.25, 0.3) is 10.9 Å². The third-order valence-electron chi connectivity index (χ3n) is 6.09. The number of allylic oxidation sites excluding steroid dienone is 1. The summed E-state index contributed by atoms with van der Waals surface area (Å²) in [5.41, 5.74) is 2.19. The fourth-order valence-corrected chi connectivity index (χ4v) is 4.52. The Balaban J connectivity index is 1.39. The second kappa shape index (κ2) is 7.71. The van der Waals surface area contributed by atoms with Crippen molar-refractivity contribution < 1.29 is 22.8 Å². The normalized spacial score (nSPS) is 21.8. The molecule has 0 spiro atoms. The number of aryl methyl sites for hydroxylation is 1. The molecule has 1 unspecified atom stereocenters. The van der Waals surface area contributed by atoms with Gasteiger partial charge in [-0.05, 0) is 24.6 Å². The minimum atomic E-state index is -4.51. The quantitative estimate of drug-likeness (QED) is 0.649. The van der Waals surface area contributed by atoms with Gasteiger partial charge >= 0.3 is 12.2 Å². The van der Waals surface area contributed by atoms with Crippen LogP contribution in [0.2, 0.25) is 0 Å². The van der Waals surface area contributed by atoms with Gasteiger partial charge in [0, 0.05) is 25.5 Å². The topological polar surface area (TPSA) is 94.5 Å². The molecule has 2 aromatic rings. The van der Waals surface area contributed by atoms with Crippen LogP contribution in [0, 0.1) is 0 Å². The average Bonchev–Trinajstić information content (AvgIpc) is 3.36. The summed E-state index contributed by atoms with van der Waals surface area (Å²) in [6, 6.07) is 3.95. The van der Waals surface area contributed by atoms with Crippen molar-refractivity contribution in [1.29, 1.82) is 0 Å².